The van der Waals surface area contributed by atoms with Crippen LogP contribution in [0.2, 0.25) is 0 Å². The van der Waals surface area contributed by atoms with E-state index in [1.165, 1.54) is 11.1 Å². The molecule has 3 rings (SSSR count). The molecule has 2 aromatic carbocycles. The third kappa shape index (κ3) is 2.89. The van der Waals surface area contributed by atoms with Crippen molar-refractivity contribution in [2.75, 3.05) is 5.32 Å². The fourth-order valence-electron chi connectivity index (χ4n) is 2.96. The minimum atomic E-state index is -0.354. The van der Waals surface area contributed by atoms with E-state index >= 15 is 0 Å². The second-order valence-corrected chi connectivity index (χ2v) is 5.61. The minimum Gasteiger partial charge on any atom is -0.382 e. The van der Waals surface area contributed by atoms with Gasteiger partial charge >= 0.3 is 0 Å². The van der Waals surface area contributed by atoms with Crippen molar-refractivity contribution in [3.63, 3.8) is 0 Å². The number of nitrogens with zero attached hydrogens (tertiary/aromatic N) is 1. The van der Waals surface area contributed by atoms with Crippen LogP contribution in [0.1, 0.15) is 23.1 Å². The molecule has 0 heterocycles. The summed E-state index contributed by atoms with van der Waals surface area (Å²) < 4.78 is 0. The third-order valence-electron chi connectivity index (χ3n) is 4.13. The molecule has 2 aromatic rings. The van der Waals surface area contributed by atoms with Crippen LogP contribution in [0.25, 0.3) is 0 Å². The molecule has 0 saturated heterocycles. The highest BCUT2D eigenvalue weighted by Gasteiger charge is 2.19. The second kappa shape index (κ2) is 5.56. The van der Waals surface area contributed by atoms with Gasteiger partial charge in [-0.1, -0.05) is 24.3 Å². The number of non-ortho nitro benzene ring substituents is 1. The molecule has 21 heavy (non-hydrogen) atoms. The molecule has 0 radical (unpaired) electrons. The van der Waals surface area contributed by atoms with Gasteiger partial charge in [-0.15, -0.1) is 0 Å². The molecule has 0 bridgehead atoms. The van der Waals surface area contributed by atoms with Gasteiger partial charge in [0.15, 0.2) is 0 Å². The number of rotatable bonds is 3. The van der Waals surface area contributed by atoms with Crippen molar-refractivity contribution >= 4 is 11.4 Å². The summed E-state index contributed by atoms with van der Waals surface area (Å²) in [5.41, 5.74) is 4.90. The van der Waals surface area contributed by atoms with Crippen LogP contribution in [0.5, 0.6) is 0 Å². The zero-order valence-corrected chi connectivity index (χ0v) is 12.0. The summed E-state index contributed by atoms with van der Waals surface area (Å²) in [4.78, 5) is 10.4. The second-order valence-electron chi connectivity index (χ2n) is 5.61. The van der Waals surface area contributed by atoms with Gasteiger partial charge in [0, 0.05) is 23.9 Å². The molecule has 1 aliphatic rings. The first-order chi connectivity index (χ1) is 10.1. The summed E-state index contributed by atoms with van der Waals surface area (Å²) in [5.74, 6) is 0. The fraction of sp³-hybridized carbons (Fsp3) is 0.294. The third-order valence-corrected chi connectivity index (χ3v) is 4.13. The molecule has 1 aliphatic carbocycles. The smallest absolute Gasteiger partial charge is 0.269 e. The van der Waals surface area contributed by atoms with Gasteiger partial charge in [-0.3, -0.25) is 10.1 Å². The zero-order valence-electron chi connectivity index (χ0n) is 12.0. The molecule has 0 fully saturated rings. The standard InChI is InChI=1S/C17H18N2O2/c1-12-10-16(19(20)21)8-9-17(12)18-15-7-6-13-4-2-3-5-14(13)11-15/h2-5,8-10,15,18H,6-7,11H2,1H3. The molecule has 1 N–H and O–H groups in total. The van der Waals surface area contributed by atoms with Gasteiger partial charge in [0.05, 0.1) is 4.92 Å². The molecule has 0 aromatic heterocycles. The van der Waals surface area contributed by atoms with Crippen LogP contribution in [-0.4, -0.2) is 11.0 Å². The molecule has 4 heteroatoms. The van der Waals surface area contributed by atoms with Crippen LogP contribution >= 0.6 is 0 Å². The summed E-state index contributed by atoms with van der Waals surface area (Å²) in [6, 6.07) is 13.9. The van der Waals surface area contributed by atoms with Gasteiger partial charge in [0.2, 0.25) is 0 Å². The minimum absolute atomic E-state index is 0.145. The lowest BCUT2D eigenvalue weighted by Gasteiger charge is -2.27. The number of benzene rings is 2. The number of anilines is 1. The van der Waals surface area contributed by atoms with Gasteiger partial charge in [-0.2, -0.15) is 0 Å². The molecule has 1 unspecified atom stereocenters. The first-order valence-electron chi connectivity index (χ1n) is 7.22. The summed E-state index contributed by atoms with van der Waals surface area (Å²) in [6.07, 6.45) is 3.18. The maximum absolute atomic E-state index is 10.8. The Morgan fingerprint density at radius 2 is 1.95 bits per heavy atom. The maximum Gasteiger partial charge on any atom is 0.269 e. The van der Waals surface area contributed by atoms with E-state index in [2.05, 4.69) is 29.6 Å². The zero-order chi connectivity index (χ0) is 14.8. The number of nitro groups is 1. The van der Waals surface area contributed by atoms with Gasteiger partial charge in [0.25, 0.3) is 5.69 Å². The number of nitrogens with one attached hydrogen (secondary N) is 1. The number of aryl methyl sites for hydroxylation is 2. The predicted molar refractivity (Wildman–Crippen MR) is 83.7 cm³/mol. The fourth-order valence-corrected chi connectivity index (χ4v) is 2.96. The predicted octanol–water partition coefficient (Wildman–Crippen LogP) is 3.87. The largest absolute Gasteiger partial charge is 0.382 e. The Bertz CT molecular complexity index is 682. The monoisotopic (exact) mass is 282 g/mol. The van der Waals surface area contributed by atoms with Crippen molar-refractivity contribution in [3.05, 3.63) is 69.3 Å². The van der Waals surface area contributed by atoms with Gasteiger partial charge in [-0.25, -0.2) is 0 Å². The molecule has 0 spiro atoms. The summed E-state index contributed by atoms with van der Waals surface area (Å²) >= 11 is 0. The van der Waals surface area contributed by atoms with Crippen LogP contribution in [0.3, 0.4) is 0 Å². The Morgan fingerprint density at radius 1 is 1.19 bits per heavy atom. The van der Waals surface area contributed by atoms with E-state index in [-0.39, 0.29) is 10.6 Å². The van der Waals surface area contributed by atoms with Crippen molar-refractivity contribution in [2.45, 2.75) is 32.2 Å². The molecule has 1 atom stereocenters. The topological polar surface area (TPSA) is 55.2 Å². The summed E-state index contributed by atoms with van der Waals surface area (Å²) in [7, 11) is 0. The van der Waals surface area contributed by atoms with Crippen LogP contribution < -0.4 is 5.32 Å². The molecule has 4 nitrogen and oxygen atoms in total. The van der Waals surface area contributed by atoms with Crippen molar-refractivity contribution in [3.8, 4) is 0 Å². The Labute approximate surface area is 124 Å². The number of nitro benzene ring substituents is 1. The Morgan fingerprint density at radius 3 is 2.67 bits per heavy atom. The number of hydrogen-bond acceptors (Lipinski definition) is 3. The van der Waals surface area contributed by atoms with Crippen molar-refractivity contribution < 1.29 is 4.92 Å². The highest BCUT2D eigenvalue weighted by atomic mass is 16.6. The summed E-state index contributed by atoms with van der Waals surface area (Å²) in [5, 5.41) is 14.3. The van der Waals surface area contributed by atoms with E-state index in [1.807, 2.05) is 13.0 Å². The lowest BCUT2D eigenvalue weighted by molar-refractivity contribution is -0.384. The quantitative estimate of drug-likeness (QED) is 0.686. The SMILES string of the molecule is Cc1cc([N+](=O)[O-])ccc1NC1CCc2ccccc2C1. The first kappa shape index (κ1) is 13.6. The van der Waals surface area contributed by atoms with Crippen molar-refractivity contribution in [2.24, 2.45) is 0 Å². The first-order valence-corrected chi connectivity index (χ1v) is 7.22. The molecule has 108 valence electrons. The molecular formula is C17H18N2O2. The Kier molecular flexibility index (Phi) is 3.60. The molecular weight excluding hydrogens is 264 g/mol. The van der Waals surface area contributed by atoms with E-state index in [9.17, 15) is 10.1 Å². The van der Waals surface area contributed by atoms with E-state index in [1.54, 1.807) is 12.1 Å². The van der Waals surface area contributed by atoms with E-state index in [4.69, 9.17) is 0 Å². The van der Waals surface area contributed by atoms with Crippen LogP contribution in [0.15, 0.2) is 42.5 Å². The van der Waals surface area contributed by atoms with E-state index < -0.39 is 0 Å². The van der Waals surface area contributed by atoms with E-state index in [0.717, 1.165) is 30.5 Å². The lowest BCUT2D eigenvalue weighted by Crippen LogP contribution is -2.27. The van der Waals surface area contributed by atoms with Crippen LogP contribution in [0, 0.1) is 17.0 Å². The molecule has 0 saturated carbocycles. The van der Waals surface area contributed by atoms with Crippen LogP contribution in [-0.2, 0) is 12.8 Å². The molecule has 0 aliphatic heterocycles. The Hall–Kier alpha value is -2.36. The highest BCUT2D eigenvalue weighted by Crippen LogP contribution is 2.26. The average molecular weight is 282 g/mol. The normalized spacial score (nSPS) is 17.1. The van der Waals surface area contributed by atoms with Crippen molar-refractivity contribution in [1.82, 2.24) is 0 Å². The van der Waals surface area contributed by atoms with E-state index in [0.29, 0.717) is 6.04 Å². The molecule has 0 amide bonds. The highest BCUT2D eigenvalue weighted by molar-refractivity contribution is 5.56. The number of fused-ring (bicyclic) bond motifs is 1. The van der Waals surface area contributed by atoms with Crippen LogP contribution in [0.4, 0.5) is 11.4 Å². The summed E-state index contributed by atoms with van der Waals surface area (Å²) in [6.45, 7) is 1.91. The van der Waals surface area contributed by atoms with Gasteiger partial charge < -0.3 is 5.32 Å². The lowest BCUT2D eigenvalue weighted by atomic mass is 9.88. The van der Waals surface area contributed by atoms with Gasteiger partial charge in [-0.05, 0) is 48.9 Å². The van der Waals surface area contributed by atoms with Crippen molar-refractivity contribution in [1.29, 1.82) is 0 Å². The maximum atomic E-state index is 10.8. The average Bonchev–Trinajstić information content (AvgIpc) is 2.49. The number of hydrogen-bond donors (Lipinski definition) is 1. The van der Waals surface area contributed by atoms with Gasteiger partial charge in [0.1, 0.15) is 0 Å². The Balaban J connectivity index is 1.75.